The molecule has 0 atom stereocenters. The third kappa shape index (κ3) is 2.44. The van der Waals surface area contributed by atoms with Crippen LogP contribution in [0.15, 0.2) is 30.5 Å². The molecular weight excluding hydrogens is 290 g/mol. The number of aromatic amines is 1. The highest BCUT2D eigenvalue weighted by Crippen LogP contribution is 2.31. The average Bonchev–Trinajstić information content (AvgIpc) is 3.06. The van der Waals surface area contributed by atoms with E-state index in [1.165, 1.54) is 0 Å². The number of benzene rings is 1. The number of ether oxygens (including phenoxy) is 1. The van der Waals surface area contributed by atoms with Crippen molar-refractivity contribution in [2.24, 2.45) is 0 Å². The van der Waals surface area contributed by atoms with Gasteiger partial charge in [0.25, 0.3) is 5.91 Å². The Balaban J connectivity index is 1.62. The molecule has 2 aliphatic rings. The van der Waals surface area contributed by atoms with Crippen LogP contribution in [0.2, 0.25) is 0 Å². The lowest BCUT2D eigenvalue weighted by molar-refractivity contribution is -0.0543. The molecule has 1 aromatic carbocycles. The molecule has 4 rings (SSSR count). The Morgan fingerprint density at radius 1 is 1.22 bits per heavy atom. The van der Waals surface area contributed by atoms with Gasteiger partial charge in [-0.25, -0.2) is 0 Å². The maximum Gasteiger partial charge on any atom is 0.256 e. The van der Waals surface area contributed by atoms with Crippen molar-refractivity contribution in [1.29, 1.82) is 0 Å². The van der Waals surface area contributed by atoms with E-state index >= 15 is 0 Å². The number of carbonyl (C=O) groups excluding carboxylic acids is 1. The van der Waals surface area contributed by atoms with E-state index in [1.54, 1.807) is 0 Å². The molecule has 2 aliphatic heterocycles. The molecule has 1 amide bonds. The number of amides is 1. The quantitative estimate of drug-likeness (QED) is 0.877. The highest BCUT2D eigenvalue weighted by molar-refractivity contribution is 6.05. The smallest absolute Gasteiger partial charge is 0.256 e. The zero-order valence-corrected chi connectivity index (χ0v) is 13.5. The molecule has 2 aromatic rings. The van der Waals surface area contributed by atoms with Crippen molar-refractivity contribution in [1.82, 2.24) is 14.8 Å². The topological polar surface area (TPSA) is 48.6 Å². The SMILES string of the molecule is CN1CCN(C(=O)c2cccc3cc[nH]c23)CC12CCOCC2. The number of H-pyrrole nitrogens is 1. The molecule has 0 bridgehead atoms. The van der Waals surface area contributed by atoms with Gasteiger partial charge >= 0.3 is 0 Å². The number of carbonyl (C=O) groups is 1. The summed E-state index contributed by atoms with van der Waals surface area (Å²) in [5.74, 6) is 0.136. The molecule has 5 heteroatoms. The van der Waals surface area contributed by atoms with Crippen LogP contribution in [0.1, 0.15) is 23.2 Å². The zero-order valence-electron chi connectivity index (χ0n) is 13.5. The Morgan fingerprint density at radius 3 is 2.87 bits per heavy atom. The number of rotatable bonds is 1. The summed E-state index contributed by atoms with van der Waals surface area (Å²) in [6.45, 7) is 4.08. The number of likely N-dealkylation sites (N-methyl/N-ethyl adjacent to an activating group) is 1. The summed E-state index contributed by atoms with van der Waals surface area (Å²) in [7, 11) is 2.18. The van der Waals surface area contributed by atoms with Crippen LogP contribution in [-0.4, -0.2) is 66.1 Å². The van der Waals surface area contributed by atoms with E-state index in [1.807, 2.05) is 35.4 Å². The maximum atomic E-state index is 13.1. The van der Waals surface area contributed by atoms with Gasteiger partial charge in [0.1, 0.15) is 0 Å². The number of aromatic nitrogens is 1. The number of nitrogens with one attached hydrogen (secondary N) is 1. The van der Waals surface area contributed by atoms with Crippen LogP contribution in [0.3, 0.4) is 0 Å². The van der Waals surface area contributed by atoms with E-state index in [0.29, 0.717) is 0 Å². The second kappa shape index (κ2) is 5.65. The highest BCUT2D eigenvalue weighted by atomic mass is 16.5. The maximum absolute atomic E-state index is 13.1. The average molecular weight is 313 g/mol. The van der Waals surface area contributed by atoms with Crippen LogP contribution in [0.25, 0.3) is 10.9 Å². The largest absolute Gasteiger partial charge is 0.381 e. The van der Waals surface area contributed by atoms with Crippen molar-refractivity contribution in [2.75, 3.05) is 39.9 Å². The molecule has 122 valence electrons. The number of hydrogen-bond donors (Lipinski definition) is 1. The van der Waals surface area contributed by atoms with Crippen molar-refractivity contribution < 1.29 is 9.53 Å². The van der Waals surface area contributed by atoms with Gasteiger partial charge in [-0.2, -0.15) is 0 Å². The molecule has 0 saturated carbocycles. The van der Waals surface area contributed by atoms with Crippen molar-refractivity contribution in [2.45, 2.75) is 18.4 Å². The molecule has 23 heavy (non-hydrogen) atoms. The lowest BCUT2D eigenvalue weighted by atomic mass is 9.85. The van der Waals surface area contributed by atoms with Gasteiger partial charge in [0.05, 0.1) is 11.1 Å². The highest BCUT2D eigenvalue weighted by Gasteiger charge is 2.42. The molecule has 0 aliphatic carbocycles. The van der Waals surface area contributed by atoms with Crippen molar-refractivity contribution in [3.05, 3.63) is 36.0 Å². The summed E-state index contributed by atoms with van der Waals surface area (Å²) >= 11 is 0. The van der Waals surface area contributed by atoms with Crippen LogP contribution in [0, 0.1) is 0 Å². The summed E-state index contributed by atoms with van der Waals surface area (Å²) in [6, 6.07) is 7.93. The standard InChI is InChI=1S/C18H23N3O2/c1-20-9-10-21(13-18(20)6-11-23-12-7-18)17(22)15-4-2-3-14-5-8-19-16(14)15/h2-5,8,19H,6-7,9-13H2,1H3. The molecule has 3 heterocycles. The van der Waals surface area contributed by atoms with Crippen molar-refractivity contribution in [3.8, 4) is 0 Å². The summed E-state index contributed by atoms with van der Waals surface area (Å²) in [5, 5.41) is 1.09. The van der Waals surface area contributed by atoms with Gasteiger partial charge < -0.3 is 14.6 Å². The first-order chi connectivity index (χ1) is 11.2. The first-order valence-electron chi connectivity index (χ1n) is 8.34. The van der Waals surface area contributed by atoms with E-state index in [4.69, 9.17) is 4.74 Å². The van der Waals surface area contributed by atoms with E-state index < -0.39 is 0 Å². The first-order valence-corrected chi connectivity index (χ1v) is 8.34. The third-order valence-electron chi connectivity index (χ3n) is 5.53. The fourth-order valence-corrected chi connectivity index (χ4v) is 3.96. The number of hydrogen-bond acceptors (Lipinski definition) is 3. The van der Waals surface area contributed by atoms with Crippen LogP contribution in [0.5, 0.6) is 0 Å². The van der Waals surface area contributed by atoms with Gasteiger partial charge in [0, 0.05) is 50.0 Å². The molecule has 1 aromatic heterocycles. The minimum absolute atomic E-state index is 0.0792. The van der Waals surface area contributed by atoms with Gasteiger partial charge in [-0.3, -0.25) is 9.69 Å². The Hall–Kier alpha value is -1.85. The number of para-hydroxylation sites is 1. The Bertz CT molecular complexity index is 718. The molecular formula is C18H23N3O2. The van der Waals surface area contributed by atoms with Gasteiger partial charge in [-0.15, -0.1) is 0 Å². The molecule has 5 nitrogen and oxygen atoms in total. The molecule has 1 N–H and O–H groups in total. The van der Waals surface area contributed by atoms with Crippen LogP contribution in [-0.2, 0) is 4.74 Å². The minimum atomic E-state index is 0.0792. The predicted molar refractivity (Wildman–Crippen MR) is 89.6 cm³/mol. The van der Waals surface area contributed by atoms with Gasteiger partial charge in [-0.1, -0.05) is 12.1 Å². The summed E-state index contributed by atoms with van der Waals surface area (Å²) in [4.78, 5) is 20.8. The monoisotopic (exact) mass is 313 g/mol. The van der Waals surface area contributed by atoms with Gasteiger partial charge in [-0.05, 0) is 32.0 Å². The molecule has 0 unspecified atom stereocenters. The summed E-state index contributed by atoms with van der Waals surface area (Å²) < 4.78 is 5.54. The van der Waals surface area contributed by atoms with Gasteiger partial charge in [0.2, 0.25) is 0 Å². The van der Waals surface area contributed by atoms with Crippen LogP contribution >= 0.6 is 0 Å². The fraction of sp³-hybridized carbons (Fsp3) is 0.500. The van der Waals surface area contributed by atoms with Crippen LogP contribution in [0.4, 0.5) is 0 Å². The molecule has 0 radical (unpaired) electrons. The Morgan fingerprint density at radius 2 is 2.04 bits per heavy atom. The molecule has 2 fully saturated rings. The van der Waals surface area contributed by atoms with Crippen molar-refractivity contribution in [3.63, 3.8) is 0 Å². The second-order valence-electron chi connectivity index (χ2n) is 6.73. The fourth-order valence-electron chi connectivity index (χ4n) is 3.96. The van der Waals surface area contributed by atoms with Gasteiger partial charge in [0.15, 0.2) is 0 Å². The predicted octanol–water partition coefficient (Wildman–Crippen LogP) is 2.10. The minimum Gasteiger partial charge on any atom is -0.381 e. The normalized spacial score (nSPS) is 21.9. The Kier molecular flexibility index (Phi) is 3.62. The lowest BCUT2D eigenvalue weighted by Gasteiger charge is -2.51. The van der Waals surface area contributed by atoms with E-state index in [2.05, 4.69) is 16.9 Å². The van der Waals surface area contributed by atoms with E-state index in [9.17, 15) is 4.79 Å². The number of nitrogens with zero attached hydrogens (tertiary/aromatic N) is 2. The Labute approximate surface area is 136 Å². The lowest BCUT2D eigenvalue weighted by Crippen LogP contribution is -2.63. The summed E-state index contributed by atoms with van der Waals surface area (Å²) in [5.41, 5.74) is 1.80. The number of fused-ring (bicyclic) bond motifs is 1. The van der Waals surface area contributed by atoms with Crippen molar-refractivity contribution >= 4 is 16.8 Å². The molecule has 2 saturated heterocycles. The second-order valence-corrected chi connectivity index (χ2v) is 6.73. The zero-order chi connectivity index (χ0) is 15.9. The summed E-state index contributed by atoms with van der Waals surface area (Å²) in [6.07, 6.45) is 3.89. The molecule has 1 spiro atoms. The first kappa shape index (κ1) is 14.7. The third-order valence-corrected chi connectivity index (χ3v) is 5.53. The number of piperazine rings is 1. The van der Waals surface area contributed by atoms with E-state index in [-0.39, 0.29) is 11.4 Å². The van der Waals surface area contributed by atoms with E-state index in [0.717, 1.165) is 62.2 Å². The van der Waals surface area contributed by atoms with Crippen LogP contribution < -0.4 is 0 Å².